The molecule has 1 aliphatic carbocycles. The predicted molar refractivity (Wildman–Crippen MR) is 69.1 cm³/mol. The highest BCUT2D eigenvalue weighted by Crippen LogP contribution is 2.37. The van der Waals surface area contributed by atoms with Crippen LogP contribution in [0.25, 0.3) is 0 Å². The van der Waals surface area contributed by atoms with Crippen LogP contribution in [0.4, 0.5) is 0 Å². The lowest BCUT2D eigenvalue weighted by atomic mass is 9.89. The maximum atomic E-state index is 5.97. The smallest absolute Gasteiger partial charge is 0.0755 e. The summed E-state index contributed by atoms with van der Waals surface area (Å²) in [4.78, 5) is 0. The van der Waals surface area contributed by atoms with Gasteiger partial charge in [0.2, 0.25) is 0 Å². The fraction of sp³-hybridized carbons (Fsp3) is 1.00. The highest BCUT2D eigenvalue weighted by molar-refractivity contribution is 4.91. The Kier molecular flexibility index (Phi) is 5.26. The average molecular weight is 241 g/mol. The van der Waals surface area contributed by atoms with Crippen LogP contribution in [-0.4, -0.2) is 39.0 Å². The minimum atomic E-state index is 0.438. The van der Waals surface area contributed by atoms with Gasteiger partial charge in [0.15, 0.2) is 0 Å². The van der Waals surface area contributed by atoms with E-state index in [-0.39, 0.29) is 0 Å². The van der Waals surface area contributed by atoms with Gasteiger partial charge in [0.25, 0.3) is 0 Å². The molecule has 17 heavy (non-hydrogen) atoms. The van der Waals surface area contributed by atoms with Crippen molar-refractivity contribution in [2.45, 2.75) is 51.2 Å². The number of likely N-dealkylation sites (N-methyl/N-ethyl adjacent to an activating group) is 1. The molecule has 100 valence electrons. The van der Waals surface area contributed by atoms with Crippen LogP contribution in [0.5, 0.6) is 0 Å². The first kappa shape index (κ1) is 13.3. The Morgan fingerprint density at radius 2 is 1.94 bits per heavy atom. The van der Waals surface area contributed by atoms with Crippen molar-refractivity contribution in [2.75, 3.05) is 26.9 Å². The zero-order valence-electron chi connectivity index (χ0n) is 11.3. The van der Waals surface area contributed by atoms with Crippen molar-refractivity contribution in [3.8, 4) is 0 Å². The van der Waals surface area contributed by atoms with Gasteiger partial charge in [0, 0.05) is 25.9 Å². The molecule has 0 radical (unpaired) electrons. The first-order chi connectivity index (χ1) is 8.35. The van der Waals surface area contributed by atoms with E-state index < -0.39 is 0 Å². The van der Waals surface area contributed by atoms with Crippen LogP contribution in [0.15, 0.2) is 0 Å². The topological polar surface area (TPSA) is 30.5 Å². The monoisotopic (exact) mass is 241 g/mol. The summed E-state index contributed by atoms with van der Waals surface area (Å²) in [6, 6.07) is 0.533. The summed E-state index contributed by atoms with van der Waals surface area (Å²) in [5.41, 5.74) is 0. The molecule has 1 aliphatic heterocycles. The van der Waals surface area contributed by atoms with Gasteiger partial charge in [-0.3, -0.25) is 0 Å². The van der Waals surface area contributed by atoms with Gasteiger partial charge in [-0.25, -0.2) is 0 Å². The maximum Gasteiger partial charge on any atom is 0.0755 e. The third-order valence-electron chi connectivity index (χ3n) is 4.14. The molecule has 0 spiro atoms. The second-order valence-corrected chi connectivity index (χ2v) is 5.44. The first-order valence-corrected chi connectivity index (χ1v) is 7.21. The lowest BCUT2D eigenvalue weighted by Gasteiger charge is -2.31. The van der Waals surface area contributed by atoms with Crippen LogP contribution >= 0.6 is 0 Å². The van der Waals surface area contributed by atoms with Crippen molar-refractivity contribution in [2.24, 2.45) is 11.8 Å². The van der Waals surface area contributed by atoms with E-state index in [1.165, 1.54) is 32.1 Å². The van der Waals surface area contributed by atoms with Crippen molar-refractivity contribution in [1.82, 2.24) is 5.32 Å². The van der Waals surface area contributed by atoms with E-state index in [1.54, 1.807) is 0 Å². The Labute approximate surface area is 105 Å². The lowest BCUT2D eigenvalue weighted by molar-refractivity contribution is 0.00423. The van der Waals surface area contributed by atoms with E-state index in [2.05, 4.69) is 19.3 Å². The van der Waals surface area contributed by atoms with Gasteiger partial charge >= 0.3 is 0 Å². The second-order valence-electron chi connectivity index (χ2n) is 5.44. The van der Waals surface area contributed by atoms with Gasteiger partial charge in [-0.15, -0.1) is 0 Å². The van der Waals surface area contributed by atoms with E-state index in [0.717, 1.165) is 31.7 Å². The van der Waals surface area contributed by atoms with Crippen molar-refractivity contribution in [3.05, 3.63) is 0 Å². The molecule has 0 aromatic rings. The molecule has 2 atom stereocenters. The molecule has 2 fully saturated rings. The largest absolute Gasteiger partial charge is 0.381 e. The standard InChI is InChI=1S/C14H27NO2/c1-3-17-14(12-4-5-12)13(15-2)10-11-6-8-16-9-7-11/h11-15H,3-10H2,1-2H3. The van der Waals surface area contributed by atoms with E-state index in [9.17, 15) is 0 Å². The van der Waals surface area contributed by atoms with Gasteiger partial charge in [-0.2, -0.15) is 0 Å². The number of ether oxygens (including phenoxy) is 2. The van der Waals surface area contributed by atoms with Crippen molar-refractivity contribution < 1.29 is 9.47 Å². The van der Waals surface area contributed by atoms with Crippen LogP contribution < -0.4 is 5.32 Å². The summed E-state index contributed by atoms with van der Waals surface area (Å²) in [6.07, 6.45) is 6.85. The number of rotatable bonds is 7. The zero-order valence-corrected chi connectivity index (χ0v) is 11.3. The highest BCUT2D eigenvalue weighted by atomic mass is 16.5. The zero-order chi connectivity index (χ0) is 12.1. The number of hydrogen-bond donors (Lipinski definition) is 1. The van der Waals surface area contributed by atoms with Crippen molar-refractivity contribution >= 4 is 0 Å². The van der Waals surface area contributed by atoms with Crippen LogP contribution in [-0.2, 0) is 9.47 Å². The van der Waals surface area contributed by atoms with Gasteiger partial charge < -0.3 is 14.8 Å². The molecule has 3 heteroatoms. The molecule has 0 bridgehead atoms. The third-order valence-corrected chi connectivity index (χ3v) is 4.14. The van der Waals surface area contributed by atoms with Crippen molar-refractivity contribution in [1.29, 1.82) is 0 Å². The summed E-state index contributed by atoms with van der Waals surface area (Å²) in [5, 5.41) is 3.49. The molecular weight excluding hydrogens is 214 g/mol. The minimum absolute atomic E-state index is 0.438. The fourth-order valence-corrected chi connectivity index (χ4v) is 2.96. The molecule has 0 amide bonds. The SMILES string of the molecule is CCOC(C1CC1)C(CC1CCOCC1)NC. The Hall–Kier alpha value is -0.120. The van der Waals surface area contributed by atoms with E-state index in [4.69, 9.17) is 9.47 Å². The lowest BCUT2D eigenvalue weighted by Crippen LogP contribution is -2.42. The summed E-state index contributed by atoms with van der Waals surface area (Å²) in [5.74, 6) is 1.63. The molecule has 2 unspecified atom stereocenters. The number of hydrogen-bond acceptors (Lipinski definition) is 3. The molecule has 1 saturated heterocycles. The average Bonchev–Trinajstić information content (AvgIpc) is 3.19. The second kappa shape index (κ2) is 6.72. The quantitative estimate of drug-likeness (QED) is 0.741. The molecule has 2 aliphatic rings. The predicted octanol–water partition coefficient (Wildman–Crippen LogP) is 2.21. The minimum Gasteiger partial charge on any atom is -0.381 e. The van der Waals surface area contributed by atoms with Crippen molar-refractivity contribution in [3.63, 3.8) is 0 Å². The molecular formula is C14H27NO2. The van der Waals surface area contributed by atoms with Gasteiger partial charge in [0.1, 0.15) is 0 Å². The van der Waals surface area contributed by atoms with E-state index in [1.807, 2.05) is 0 Å². The first-order valence-electron chi connectivity index (χ1n) is 7.21. The summed E-state index contributed by atoms with van der Waals surface area (Å²) < 4.78 is 11.4. The molecule has 0 aromatic heterocycles. The third kappa shape index (κ3) is 3.94. The molecule has 1 N–H and O–H groups in total. The molecule has 3 nitrogen and oxygen atoms in total. The van der Waals surface area contributed by atoms with Gasteiger partial charge in [-0.1, -0.05) is 0 Å². The Morgan fingerprint density at radius 3 is 2.47 bits per heavy atom. The van der Waals surface area contributed by atoms with Crippen LogP contribution in [0.2, 0.25) is 0 Å². The van der Waals surface area contributed by atoms with Gasteiger partial charge in [-0.05, 0) is 57.9 Å². The van der Waals surface area contributed by atoms with Crippen LogP contribution in [0.1, 0.15) is 39.0 Å². The molecule has 0 aromatic carbocycles. The van der Waals surface area contributed by atoms with Crippen LogP contribution in [0, 0.1) is 11.8 Å². The molecule has 2 rings (SSSR count). The van der Waals surface area contributed by atoms with Gasteiger partial charge in [0.05, 0.1) is 6.10 Å². The highest BCUT2D eigenvalue weighted by Gasteiger charge is 2.37. The maximum absolute atomic E-state index is 5.97. The Morgan fingerprint density at radius 1 is 1.24 bits per heavy atom. The normalized spacial score (nSPS) is 25.8. The molecule has 1 heterocycles. The Bertz CT molecular complexity index is 212. The van der Waals surface area contributed by atoms with E-state index in [0.29, 0.717) is 12.1 Å². The van der Waals surface area contributed by atoms with Crippen LogP contribution in [0.3, 0.4) is 0 Å². The fourth-order valence-electron chi connectivity index (χ4n) is 2.96. The summed E-state index contributed by atoms with van der Waals surface area (Å²) in [7, 11) is 2.08. The van der Waals surface area contributed by atoms with E-state index >= 15 is 0 Å². The molecule has 1 saturated carbocycles. The Balaban J connectivity index is 1.84. The summed E-state index contributed by atoms with van der Waals surface area (Å²) in [6.45, 7) is 4.84. The summed E-state index contributed by atoms with van der Waals surface area (Å²) >= 11 is 0. The number of nitrogens with one attached hydrogen (secondary N) is 1.